The Morgan fingerprint density at radius 3 is 2.58 bits per heavy atom. The van der Waals surface area contributed by atoms with Crippen molar-refractivity contribution in [2.24, 2.45) is 0 Å². The Morgan fingerprint density at radius 1 is 1.08 bits per heavy atom. The number of amides is 1. The van der Waals surface area contributed by atoms with Crippen molar-refractivity contribution in [3.8, 4) is 11.5 Å². The van der Waals surface area contributed by atoms with Crippen LogP contribution in [0.4, 0.5) is 5.69 Å². The number of hydrogen-bond donors (Lipinski definition) is 1. The zero-order valence-corrected chi connectivity index (χ0v) is 15.3. The first-order valence-electron chi connectivity index (χ1n) is 7.80. The van der Waals surface area contributed by atoms with Crippen LogP contribution in [0.2, 0.25) is 10.0 Å². The van der Waals surface area contributed by atoms with Crippen LogP contribution in [0.1, 0.15) is 17.3 Å². The van der Waals surface area contributed by atoms with E-state index in [4.69, 9.17) is 37.4 Å². The first-order valence-corrected chi connectivity index (χ1v) is 8.56. The lowest BCUT2D eigenvalue weighted by Crippen LogP contribution is -2.30. The van der Waals surface area contributed by atoms with Gasteiger partial charge in [0.25, 0.3) is 5.91 Å². The second-order valence-corrected chi connectivity index (χ2v) is 6.36. The third-order valence-corrected chi connectivity index (χ3v) is 4.18. The molecule has 0 aromatic heterocycles. The Labute approximate surface area is 159 Å². The van der Waals surface area contributed by atoms with Crippen molar-refractivity contribution in [2.45, 2.75) is 13.0 Å². The number of hydrogen-bond acceptors (Lipinski definition) is 5. The number of nitrogens with one attached hydrogen (secondary N) is 1. The van der Waals surface area contributed by atoms with Crippen LogP contribution < -0.4 is 14.8 Å². The highest BCUT2D eigenvalue weighted by molar-refractivity contribution is 6.35. The number of esters is 1. The van der Waals surface area contributed by atoms with E-state index in [9.17, 15) is 9.59 Å². The van der Waals surface area contributed by atoms with Crippen LogP contribution in [-0.2, 0) is 9.53 Å². The molecule has 0 spiro atoms. The first kappa shape index (κ1) is 18.4. The van der Waals surface area contributed by atoms with Crippen molar-refractivity contribution in [1.82, 2.24) is 0 Å². The summed E-state index contributed by atoms with van der Waals surface area (Å²) >= 11 is 11.8. The van der Waals surface area contributed by atoms with E-state index >= 15 is 0 Å². The van der Waals surface area contributed by atoms with E-state index in [2.05, 4.69) is 5.32 Å². The molecule has 1 aliphatic heterocycles. The quantitative estimate of drug-likeness (QED) is 0.793. The van der Waals surface area contributed by atoms with Crippen LogP contribution in [0, 0.1) is 0 Å². The molecule has 2 aromatic carbocycles. The minimum absolute atomic E-state index is 0.0955. The summed E-state index contributed by atoms with van der Waals surface area (Å²) in [7, 11) is 0. The lowest BCUT2D eigenvalue weighted by molar-refractivity contribution is -0.123. The third-order valence-electron chi connectivity index (χ3n) is 3.61. The summed E-state index contributed by atoms with van der Waals surface area (Å²) < 4.78 is 16.1. The Morgan fingerprint density at radius 2 is 1.81 bits per heavy atom. The molecule has 0 saturated carbocycles. The summed E-state index contributed by atoms with van der Waals surface area (Å²) in [6.07, 6.45) is -1.04. The molecular weight excluding hydrogens is 381 g/mol. The molecule has 1 atom stereocenters. The van der Waals surface area contributed by atoms with Gasteiger partial charge in [0, 0.05) is 16.8 Å². The van der Waals surface area contributed by atoms with E-state index in [1.54, 1.807) is 24.3 Å². The standard InChI is InChI=1S/C18H15Cl2NO5/c1-10(26-18(23)13-8-11(19)2-4-14(13)20)17(22)21-12-3-5-15-16(9-12)25-7-6-24-15/h2-5,8-10H,6-7H2,1H3,(H,21,22)/t10-/m0/s1. The van der Waals surface area contributed by atoms with Gasteiger partial charge in [0.05, 0.1) is 10.6 Å². The number of benzene rings is 2. The van der Waals surface area contributed by atoms with E-state index in [0.717, 1.165) is 0 Å². The number of carbonyl (C=O) groups is 2. The summed E-state index contributed by atoms with van der Waals surface area (Å²) in [4.78, 5) is 24.5. The maximum absolute atomic E-state index is 12.3. The molecular formula is C18H15Cl2NO5. The van der Waals surface area contributed by atoms with Crippen LogP contribution >= 0.6 is 23.2 Å². The molecule has 0 bridgehead atoms. The van der Waals surface area contributed by atoms with Crippen LogP contribution in [-0.4, -0.2) is 31.2 Å². The van der Waals surface area contributed by atoms with Crippen molar-refractivity contribution >= 4 is 40.8 Å². The van der Waals surface area contributed by atoms with Gasteiger partial charge in [-0.2, -0.15) is 0 Å². The smallest absolute Gasteiger partial charge is 0.340 e. The van der Waals surface area contributed by atoms with Crippen LogP contribution in [0.3, 0.4) is 0 Å². The lowest BCUT2D eigenvalue weighted by atomic mass is 10.2. The predicted octanol–water partition coefficient (Wildman–Crippen LogP) is 3.95. The molecule has 3 rings (SSSR count). The minimum Gasteiger partial charge on any atom is -0.486 e. The van der Waals surface area contributed by atoms with Gasteiger partial charge in [0.2, 0.25) is 0 Å². The van der Waals surface area contributed by atoms with Crippen molar-refractivity contribution < 1.29 is 23.8 Å². The molecule has 0 fully saturated rings. The predicted molar refractivity (Wildman–Crippen MR) is 97.4 cm³/mol. The Balaban J connectivity index is 1.64. The number of anilines is 1. The van der Waals surface area contributed by atoms with E-state index in [1.807, 2.05) is 0 Å². The lowest BCUT2D eigenvalue weighted by Gasteiger charge is -2.19. The van der Waals surface area contributed by atoms with E-state index in [0.29, 0.717) is 35.4 Å². The number of rotatable bonds is 4. The van der Waals surface area contributed by atoms with Crippen molar-refractivity contribution in [1.29, 1.82) is 0 Å². The summed E-state index contributed by atoms with van der Waals surface area (Å²) in [5, 5.41) is 3.20. The molecule has 2 aromatic rings. The second-order valence-electron chi connectivity index (χ2n) is 5.52. The Kier molecular flexibility index (Phi) is 5.54. The summed E-state index contributed by atoms with van der Waals surface area (Å²) in [5.41, 5.74) is 0.598. The van der Waals surface area contributed by atoms with Gasteiger partial charge in [-0.15, -0.1) is 0 Å². The van der Waals surface area contributed by atoms with Gasteiger partial charge >= 0.3 is 5.97 Å². The van der Waals surface area contributed by atoms with Gasteiger partial charge in [0.15, 0.2) is 17.6 Å². The highest BCUT2D eigenvalue weighted by Gasteiger charge is 2.21. The topological polar surface area (TPSA) is 73.9 Å². The maximum Gasteiger partial charge on any atom is 0.340 e. The highest BCUT2D eigenvalue weighted by Crippen LogP contribution is 2.32. The average molecular weight is 396 g/mol. The van der Waals surface area contributed by atoms with Gasteiger partial charge in [-0.3, -0.25) is 4.79 Å². The van der Waals surface area contributed by atoms with Crippen molar-refractivity contribution in [3.63, 3.8) is 0 Å². The number of halogens is 2. The molecule has 1 heterocycles. The molecule has 26 heavy (non-hydrogen) atoms. The zero-order valence-electron chi connectivity index (χ0n) is 13.8. The molecule has 0 saturated heterocycles. The molecule has 136 valence electrons. The molecule has 0 aliphatic carbocycles. The van der Waals surface area contributed by atoms with Gasteiger partial charge in [-0.05, 0) is 37.3 Å². The van der Waals surface area contributed by atoms with E-state index < -0.39 is 18.0 Å². The summed E-state index contributed by atoms with van der Waals surface area (Å²) in [5.74, 6) is -0.0655. The molecule has 8 heteroatoms. The number of ether oxygens (including phenoxy) is 3. The fourth-order valence-electron chi connectivity index (χ4n) is 2.30. The molecule has 1 amide bonds. The molecule has 0 radical (unpaired) electrons. The normalized spacial score (nSPS) is 13.7. The fourth-order valence-corrected chi connectivity index (χ4v) is 2.66. The monoisotopic (exact) mass is 395 g/mol. The zero-order chi connectivity index (χ0) is 18.7. The van der Waals surface area contributed by atoms with E-state index in [-0.39, 0.29) is 10.6 Å². The molecule has 6 nitrogen and oxygen atoms in total. The largest absolute Gasteiger partial charge is 0.486 e. The van der Waals surface area contributed by atoms with E-state index in [1.165, 1.54) is 19.1 Å². The second kappa shape index (κ2) is 7.85. The van der Waals surface area contributed by atoms with Gasteiger partial charge < -0.3 is 19.5 Å². The van der Waals surface area contributed by atoms with Gasteiger partial charge in [-0.1, -0.05) is 23.2 Å². The summed E-state index contributed by atoms with van der Waals surface area (Å²) in [6.45, 7) is 2.39. The number of fused-ring (bicyclic) bond motifs is 1. The average Bonchev–Trinajstić information content (AvgIpc) is 2.63. The molecule has 0 unspecified atom stereocenters. The molecule has 1 aliphatic rings. The Bertz CT molecular complexity index is 855. The highest BCUT2D eigenvalue weighted by atomic mass is 35.5. The van der Waals surface area contributed by atoms with Crippen LogP contribution in [0.25, 0.3) is 0 Å². The summed E-state index contributed by atoms with van der Waals surface area (Å²) in [6, 6.07) is 9.45. The number of carbonyl (C=O) groups excluding carboxylic acids is 2. The minimum atomic E-state index is -1.04. The molecule has 1 N–H and O–H groups in total. The fraction of sp³-hybridized carbons (Fsp3) is 0.222. The van der Waals surface area contributed by atoms with Crippen LogP contribution in [0.5, 0.6) is 11.5 Å². The van der Waals surface area contributed by atoms with Crippen LogP contribution in [0.15, 0.2) is 36.4 Å². The first-order chi connectivity index (χ1) is 12.4. The Hall–Kier alpha value is -2.44. The maximum atomic E-state index is 12.3. The van der Waals surface area contributed by atoms with Crippen molar-refractivity contribution in [3.05, 3.63) is 52.0 Å². The van der Waals surface area contributed by atoms with Crippen molar-refractivity contribution in [2.75, 3.05) is 18.5 Å². The van der Waals surface area contributed by atoms with Gasteiger partial charge in [0.1, 0.15) is 13.2 Å². The SMILES string of the molecule is C[C@H](OC(=O)c1cc(Cl)ccc1Cl)C(=O)Nc1ccc2c(c1)OCCO2. The van der Waals surface area contributed by atoms with Gasteiger partial charge in [-0.25, -0.2) is 4.79 Å². The third kappa shape index (κ3) is 4.20.